The standard InChI is InChI=1S/C13H23N3O3/c1-15-7-2-3-10-9-16(8-5-11(10)15)13(19)14-6-4-12(17)18/h10-11H,2-9H2,1H3,(H,14,19)(H,17,18). The van der Waals surface area contributed by atoms with Crippen LogP contribution >= 0.6 is 0 Å². The predicted molar refractivity (Wildman–Crippen MR) is 71.0 cm³/mol. The number of rotatable bonds is 3. The Hall–Kier alpha value is -1.30. The van der Waals surface area contributed by atoms with Crippen LogP contribution in [-0.2, 0) is 4.79 Å². The average molecular weight is 269 g/mol. The molecule has 0 saturated carbocycles. The average Bonchev–Trinajstić information content (AvgIpc) is 2.38. The zero-order valence-corrected chi connectivity index (χ0v) is 11.5. The molecule has 0 aromatic rings. The van der Waals surface area contributed by atoms with Crippen molar-refractivity contribution in [2.45, 2.75) is 31.7 Å². The van der Waals surface area contributed by atoms with Gasteiger partial charge in [-0.15, -0.1) is 0 Å². The number of carboxylic acids is 1. The van der Waals surface area contributed by atoms with E-state index in [4.69, 9.17) is 5.11 Å². The van der Waals surface area contributed by atoms with Crippen LogP contribution in [0.5, 0.6) is 0 Å². The Morgan fingerprint density at radius 1 is 1.32 bits per heavy atom. The molecule has 2 saturated heterocycles. The summed E-state index contributed by atoms with van der Waals surface area (Å²) in [6, 6.07) is 0.491. The number of urea groups is 1. The molecular weight excluding hydrogens is 246 g/mol. The molecule has 2 fully saturated rings. The number of nitrogens with zero attached hydrogens (tertiary/aromatic N) is 2. The van der Waals surface area contributed by atoms with Gasteiger partial charge in [-0.2, -0.15) is 0 Å². The topological polar surface area (TPSA) is 72.9 Å². The number of fused-ring (bicyclic) bond motifs is 1. The van der Waals surface area contributed by atoms with Crippen molar-refractivity contribution in [1.29, 1.82) is 0 Å². The molecule has 6 nitrogen and oxygen atoms in total. The number of likely N-dealkylation sites (tertiary alicyclic amines) is 2. The summed E-state index contributed by atoms with van der Waals surface area (Å²) in [6.45, 7) is 2.93. The maximum atomic E-state index is 11.9. The zero-order valence-electron chi connectivity index (χ0n) is 11.5. The lowest BCUT2D eigenvalue weighted by Gasteiger charge is -2.45. The Balaban J connectivity index is 1.79. The largest absolute Gasteiger partial charge is 0.481 e. The number of nitrogens with one attached hydrogen (secondary N) is 1. The van der Waals surface area contributed by atoms with Gasteiger partial charge in [-0.3, -0.25) is 4.79 Å². The number of carbonyl (C=O) groups excluding carboxylic acids is 1. The second-order valence-electron chi connectivity index (χ2n) is 5.56. The van der Waals surface area contributed by atoms with Gasteiger partial charge < -0.3 is 20.2 Å². The third-order valence-electron chi connectivity index (χ3n) is 4.25. The van der Waals surface area contributed by atoms with Crippen molar-refractivity contribution in [3.63, 3.8) is 0 Å². The summed E-state index contributed by atoms with van der Waals surface area (Å²) in [5.41, 5.74) is 0. The van der Waals surface area contributed by atoms with Gasteiger partial charge in [0, 0.05) is 25.7 Å². The Morgan fingerprint density at radius 3 is 2.84 bits per heavy atom. The molecule has 2 N–H and O–H groups in total. The molecule has 0 aromatic heterocycles. The van der Waals surface area contributed by atoms with Gasteiger partial charge in [-0.05, 0) is 38.8 Å². The van der Waals surface area contributed by atoms with Gasteiger partial charge in [0.1, 0.15) is 0 Å². The van der Waals surface area contributed by atoms with E-state index >= 15 is 0 Å². The van der Waals surface area contributed by atoms with Crippen LogP contribution in [0, 0.1) is 5.92 Å². The number of amides is 2. The molecule has 108 valence electrons. The van der Waals surface area contributed by atoms with Crippen LogP contribution in [0.1, 0.15) is 25.7 Å². The number of hydrogen-bond donors (Lipinski definition) is 2. The van der Waals surface area contributed by atoms with E-state index in [0.29, 0.717) is 12.0 Å². The number of carboxylic acid groups (broad SMARTS) is 1. The lowest BCUT2D eigenvalue weighted by molar-refractivity contribution is -0.136. The number of aliphatic carboxylic acids is 1. The van der Waals surface area contributed by atoms with E-state index in [1.807, 2.05) is 4.90 Å². The maximum absolute atomic E-state index is 11.9. The SMILES string of the molecule is CN1CCCC2CN(C(=O)NCCC(=O)O)CCC21. The lowest BCUT2D eigenvalue weighted by atomic mass is 9.84. The molecule has 2 amide bonds. The van der Waals surface area contributed by atoms with Gasteiger partial charge in [0.25, 0.3) is 0 Å². The lowest BCUT2D eigenvalue weighted by Crippen LogP contribution is -2.55. The smallest absolute Gasteiger partial charge is 0.317 e. The van der Waals surface area contributed by atoms with Crippen molar-refractivity contribution in [2.24, 2.45) is 5.92 Å². The number of carbonyl (C=O) groups is 2. The van der Waals surface area contributed by atoms with E-state index in [1.165, 1.54) is 12.8 Å². The Kier molecular flexibility index (Phi) is 4.63. The molecule has 0 bridgehead atoms. The number of hydrogen-bond acceptors (Lipinski definition) is 3. The molecule has 6 heteroatoms. The fourth-order valence-corrected chi connectivity index (χ4v) is 3.23. The molecule has 2 rings (SSSR count). The highest BCUT2D eigenvalue weighted by molar-refractivity contribution is 5.75. The van der Waals surface area contributed by atoms with Crippen LogP contribution < -0.4 is 5.32 Å². The highest BCUT2D eigenvalue weighted by Crippen LogP contribution is 2.29. The van der Waals surface area contributed by atoms with Crippen molar-refractivity contribution in [3.05, 3.63) is 0 Å². The van der Waals surface area contributed by atoms with Gasteiger partial charge in [-0.1, -0.05) is 0 Å². The molecule has 2 atom stereocenters. The normalized spacial score (nSPS) is 27.7. The highest BCUT2D eigenvalue weighted by Gasteiger charge is 2.35. The van der Waals surface area contributed by atoms with Crippen LogP contribution in [0.3, 0.4) is 0 Å². The Morgan fingerprint density at radius 2 is 2.11 bits per heavy atom. The van der Waals surface area contributed by atoms with Crippen LogP contribution in [0.2, 0.25) is 0 Å². The van der Waals surface area contributed by atoms with E-state index in [9.17, 15) is 9.59 Å². The molecular formula is C13H23N3O3. The third-order valence-corrected chi connectivity index (χ3v) is 4.25. The molecule has 19 heavy (non-hydrogen) atoms. The van der Waals surface area contributed by atoms with Crippen molar-refractivity contribution >= 4 is 12.0 Å². The van der Waals surface area contributed by atoms with E-state index in [1.54, 1.807) is 0 Å². The van der Waals surface area contributed by atoms with E-state index in [-0.39, 0.29) is 19.0 Å². The molecule has 0 aliphatic carbocycles. The monoisotopic (exact) mass is 269 g/mol. The second-order valence-corrected chi connectivity index (χ2v) is 5.56. The first kappa shape index (κ1) is 14.1. The van der Waals surface area contributed by atoms with Gasteiger partial charge in [0.2, 0.25) is 0 Å². The summed E-state index contributed by atoms with van der Waals surface area (Å²) in [5, 5.41) is 11.2. The minimum Gasteiger partial charge on any atom is -0.481 e. The van der Waals surface area contributed by atoms with E-state index in [0.717, 1.165) is 26.1 Å². The highest BCUT2D eigenvalue weighted by atomic mass is 16.4. The fourth-order valence-electron chi connectivity index (χ4n) is 3.23. The summed E-state index contributed by atoms with van der Waals surface area (Å²) in [5.74, 6) is -0.314. The summed E-state index contributed by atoms with van der Waals surface area (Å²) < 4.78 is 0. The first-order valence-electron chi connectivity index (χ1n) is 7.02. The molecule has 2 aliphatic heterocycles. The first-order valence-corrected chi connectivity index (χ1v) is 7.02. The van der Waals surface area contributed by atoms with Gasteiger partial charge in [-0.25, -0.2) is 4.79 Å². The fraction of sp³-hybridized carbons (Fsp3) is 0.846. The molecule has 2 heterocycles. The Bertz CT molecular complexity index is 348. The van der Waals surface area contributed by atoms with Crippen LogP contribution in [0.15, 0.2) is 0 Å². The van der Waals surface area contributed by atoms with Crippen molar-refractivity contribution in [1.82, 2.24) is 15.1 Å². The first-order chi connectivity index (χ1) is 9.08. The molecule has 0 aromatic carbocycles. The van der Waals surface area contributed by atoms with Gasteiger partial charge in [0.15, 0.2) is 0 Å². The van der Waals surface area contributed by atoms with Crippen molar-refractivity contribution in [2.75, 3.05) is 33.2 Å². The minimum atomic E-state index is -0.882. The van der Waals surface area contributed by atoms with Gasteiger partial charge >= 0.3 is 12.0 Å². The van der Waals surface area contributed by atoms with Crippen molar-refractivity contribution in [3.8, 4) is 0 Å². The predicted octanol–water partition coefficient (Wildman–Crippen LogP) is 0.587. The molecule has 0 radical (unpaired) electrons. The number of piperidine rings is 2. The third kappa shape index (κ3) is 3.59. The van der Waals surface area contributed by atoms with Crippen molar-refractivity contribution < 1.29 is 14.7 Å². The summed E-state index contributed by atoms with van der Waals surface area (Å²) in [4.78, 5) is 26.6. The minimum absolute atomic E-state index is 0.0195. The molecule has 2 unspecified atom stereocenters. The molecule has 2 aliphatic rings. The summed E-state index contributed by atoms with van der Waals surface area (Å²) in [7, 11) is 2.17. The maximum Gasteiger partial charge on any atom is 0.317 e. The van der Waals surface area contributed by atoms with E-state index in [2.05, 4.69) is 17.3 Å². The summed E-state index contributed by atoms with van der Waals surface area (Å²) in [6.07, 6.45) is 3.39. The zero-order chi connectivity index (χ0) is 13.8. The summed E-state index contributed by atoms with van der Waals surface area (Å²) >= 11 is 0. The van der Waals surface area contributed by atoms with Crippen LogP contribution in [-0.4, -0.2) is 66.2 Å². The van der Waals surface area contributed by atoms with Gasteiger partial charge in [0.05, 0.1) is 6.42 Å². The Labute approximate surface area is 113 Å². The quantitative estimate of drug-likeness (QED) is 0.786. The second kappa shape index (κ2) is 6.23. The van der Waals surface area contributed by atoms with E-state index < -0.39 is 5.97 Å². The molecule has 0 spiro atoms. The van der Waals surface area contributed by atoms with Crippen LogP contribution in [0.25, 0.3) is 0 Å². The van der Waals surface area contributed by atoms with Crippen LogP contribution in [0.4, 0.5) is 4.79 Å².